The molecule has 5 nitrogen and oxygen atoms in total. The second kappa shape index (κ2) is 4.91. The zero-order chi connectivity index (χ0) is 15.1. The third kappa shape index (κ3) is 2.09. The Labute approximate surface area is 122 Å². The Morgan fingerprint density at radius 2 is 2.24 bits per heavy atom. The van der Waals surface area contributed by atoms with E-state index < -0.39 is 5.97 Å². The quantitative estimate of drug-likeness (QED) is 0.796. The van der Waals surface area contributed by atoms with Crippen molar-refractivity contribution in [1.29, 1.82) is 0 Å². The lowest BCUT2D eigenvalue weighted by Gasteiger charge is -2.27. The SMILES string of the molecule is CCOC(=O)c1cn2c3c(cc(C)cc3c1=O)OCC2C. The van der Waals surface area contributed by atoms with Gasteiger partial charge in [-0.3, -0.25) is 4.79 Å². The molecule has 0 amide bonds. The van der Waals surface area contributed by atoms with E-state index in [1.807, 2.05) is 24.5 Å². The summed E-state index contributed by atoms with van der Waals surface area (Å²) in [7, 11) is 0. The van der Waals surface area contributed by atoms with Crippen molar-refractivity contribution >= 4 is 16.9 Å². The van der Waals surface area contributed by atoms with Gasteiger partial charge in [0.05, 0.1) is 23.6 Å². The Morgan fingerprint density at radius 3 is 2.95 bits per heavy atom. The summed E-state index contributed by atoms with van der Waals surface area (Å²) >= 11 is 0. The maximum absolute atomic E-state index is 12.6. The van der Waals surface area contributed by atoms with Crippen molar-refractivity contribution in [3.63, 3.8) is 0 Å². The molecule has 5 heteroatoms. The highest BCUT2D eigenvalue weighted by atomic mass is 16.5. The number of rotatable bonds is 2. The Kier molecular flexibility index (Phi) is 3.20. The molecular formula is C16H17NO4. The minimum Gasteiger partial charge on any atom is -0.489 e. The Morgan fingerprint density at radius 1 is 1.48 bits per heavy atom. The number of aryl methyl sites for hydroxylation is 1. The average molecular weight is 287 g/mol. The van der Waals surface area contributed by atoms with Gasteiger partial charge in [0.1, 0.15) is 17.9 Å². The van der Waals surface area contributed by atoms with Crippen LogP contribution in [0.3, 0.4) is 0 Å². The maximum Gasteiger partial charge on any atom is 0.343 e. The molecule has 0 saturated heterocycles. The minimum absolute atomic E-state index is 0.0523. The fourth-order valence-corrected chi connectivity index (χ4v) is 2.69. The largest absolute Gasteiger partial charge is 0.489 e. The highest BCUT2D eigenvalue weighted by Gasteiger charge is 2.24. The Bertz CT molecular complexity index is 791. The van der Waals surface area contributed by atoms with Crippen molar-refractivity contribution in [2.24, 2.45) is 0 Å². The van der Waals surface area contributed by atoms with Crippen LogP contribution in [0.2, 0.25) is 0 Å². The summed E-state index contributed by atoms with van der Waals surface area (Å²) in [5.74, 6) is 0.116. The summed E-state index contributed by atoms with van der Waals surface area (Å²) in [4.78, 5) is 24.6. The molecule has 0 spiro atoms. The van der Waals surface area contributed by atoms with Crippen molar-refractivity contribution < 1.29 is 14.3 Å². The van der Waals surface area contributed by atoms with E-state index in [2.05, 4.69) is 0 Å². The topological polar surface area (TPSA) is 57.5 Å². The molecule has 2 heterocycles. The summed E-state index contributed by atoms with van der Waals surface area (Å²) in [6.45, 7) is 6.36. The molecule has 0 aliphatic carbocycles. The molecule has 0 saturated carbocycles. The number of nitrogens with zero attached hydrogens (tertiary/aromatic N) is 1. The molecule has 1 aliphatic rings. The normalized spacial score (nSPS) is 16.6. The molecule has 110 valence electrons. The van der Waals surface area contributed by atoms with Gasteiger partial charge >= 0.3 is 5.97 Å². The van der Waals surface area contributed by atoms with Gasteiger partial charge < -0.3 is 14.0 Å². The van der Waals surface area contributed by atoms with Crippen LogP contribution in [0.4, 0.5) is 0 Å². The first-order chi connectivity index (χ1) is 10.0. The second-order valence-corrected chi connectivity index (χ2v) is 5.32. The molecule has 1 atom stereocenters. The first kappa shape index (κ1) is 13.7. The smallest absolute Gasteiger partial charge is 0.343 e. The molecule has 21 heavy (non-hydrogen) atoms. The van der Waals surface area contributed by atoms with Crippen LogP contribution in [0.15, 0.2) is 23.1 Å². The molecule has 3 rings (SSSR count). The van der Waals surface area contributed by atoms with Crippen molar-refractivity contribution in [1.82, 2.24) is 4.57 Å². The van der Waals surface area contributed by atoms with E-state index in [1.165, 1.54) is 0 Å². The molecule has 0 N–H and O–H groups in total. The molecule has 2 aromatic rings. The molecule has 1 unspecified atom stereocenters. The zero-order valence-corrected chi connectivity index (χ0v) is 12.3. The number of hydrogen-bond acceptors (Lipinski definition) is 4. The number of esters is 1. The van der Waals surface area contributed by atoms with Crippen LogP contribution < -0.4 is 10.2 Å². The lowest BCUT2D eigenvalue weighted by atomic mass is 10.1. The van der Waals surface area contributed by atoms with Crippen LogP contribution in [-0.4, -0.2) is 23.8 Å². The third-order valence-electron chi connectivity index (χ3n) is 3.69. The van der Waals surface area contributed by atoms with E-state index in [1.54, 1.807) is 19.2 Å². The van der Waals surface area contributed by atoms with E-state index in [-0.39, 0.29) is 23.6 Å². The van der Waals surface area contributed by atoms with Crippen LogP contribution in [0.5, 0.6) is 5.75 Å². The summed E-state index contributed by atoms with van der Waals surface area (Å²) in [5, 5.41) is 0.502. The van der Waals surface area contributed by atoms with Crippen molar-refractivity contribution in [3.05, 3.63) is 39.7 Å². The first-order valence-corrected chi connectivity index (χ1v) is 7.02. The Balaban J connectivity index is 2.38. The first-order valence-electron chi connectivity index (χ1n) is 7.02. The summed E-state index contributed by atoms with van der Waals surface area (Å²) < 4.78 is 12.6. The number of aromatic nitrogens is 1. The van der Waals surface area contributed by atoms with Crippen LogP contribution in [0.1, 0.15) is 35.8 Å². The fraction of sp³-hybridized carbons (Fsp3) is 0.375. The van der Waals surface area contributed by atoms with E-state index in [0.29, 0.717) is 17.7 Å². The molecule has 1 aliphatic heterocycles. The summed E-state index contributed by atoms with van der Waals surface area (Å²) in [6, 6.07) is 3.76. The number of hydrogen-bond donors (Lipinski definition) is 0. The molecule has 1 aromatic carbocycles. The van der Waals surface area contributed by atoms with E-state index >= 15 is 0 Å². The number of ether oxygens (including phenoxy) is 2. The van der Waals surface area contributed by atoms with Crippen molar-refractivity contribution in [2.45, 2.75) is 26.8 Å². The van der Waals surface area contributed by atoms with E-state index in [4.69, 9.17) is 9.47 Å². The van der Waals surface area contributed by atoms with Gasteiger partial charge in [-0.25, -0.2) is 4.79 Å². The standard InChI is InChI=1S/C16H17NO4/c1-4-20-16(19)12-7-17-10(3)8-21-13-6-9(2)5-11(14(13)17)15(12)18/h5-7,10H,4,8H2,1-3H3. The highest BCUT2D eigenvalue weighted by molar-refractivity contribution is 5.95. The number of carbonyl (C=O) groups is 1. The van der Waals surface area contributed by atoms with Gasteiger partial charge in [0.25, 0.3) is 0 Å². The van der Waals surface area contributed by atoms with Crippen molar-refractivity contribution in [3.8, 4) is 5.75 Å². The predicted octanol–water partition coefficient (Wildman–Crippen LogP) is 2.44. The lowest BCUT2D eigenvalue weighted by molar-refractivity contribution is 0.0523. The third-order valence-corrected chi connectivity index (χ3v) is 3.69. The molecule has 0 fully saturated rings. The monoisotopic (exact) mass is 287 g/mol. The maximum atomic E-state index is 12.6. The van der Waals surface area contributed by atoms with Gasteiger partial charge in [0.15, 0.2) is 0 Å². The predicted molar refractivity (Wildman–Crippen MR) is 79.1 cm³/mol. The molecular weight excluding hydrogens is 270 g/mol. The van der Waals surface area contributed by atoms with Gasteiger partial charge in [-0.15, -0.1) is 0 Å². The summed E-state index contributed by atoms with van der Waals surface area (Å²) in [5.41, 5.74) is 1.45. The molecule has 0 radical (unpaired) electrons. The lowest BCUT2D eigenvalue weighted by Crippen LogP contribution is -2.27. The summed E-state index contributed by atoms with van der Waals surface area (Å²) in [6.07, 6.45) is 1.59. The number of carbonyl (C=O) groups excluding carboxylic acids is 1. The number of pyridine rings is 1. The van der Waals surface area contributed by atoms with Gasteiger partial charge in [-0.1, -0.05) is 0 Å². The molecule has 1 aromatic heterocycles. The van der Waals surface area contributed by atoms with Crippen LogP contribution in [-0.2, 0) is 4.74 Å². The Hall–Kier alpha value is -2.30. The van der Waals surface area contributed by atoms with Gasteiger partial charge in [-0.05, 0) is 38.5 Å². The van der Waals surface area contributed by atoms with Gasteiger partial charge in [-0.2, -0.15) is 0 Å². The van der Waals surface area contributed by atoms with Crippen LogP contribution in [0, 0.1) is 6.92 Å². The van der Waals surface area contributed by atoms with Gasteiger partial charge in [0.2, 0.25) is 5.43 Å². The van der Waals surface area contributed by atoms with Gasteiger partial charge in [0, 0.05) is 6.20 Å². The zero-order valence-electron chi connectivity index (χ0n) is 12.3. The molecule has 0 bridgehead atoms. The minimum atomic E-state index is -0.574. The second-order valence-electron chi connectivity index (χ2n) is 5.32. The van der Waals surface area contributed by atoms with Crippen LogP contribution >= 0.6 is 0 Å². The van der Waals surface area contributed by atoms with E-state index in [0.717, 1.165) is 11.1 Å². The van der Waals surface area contributed by atoms with Crippen LogP contribution in [0.25, 0.3) is 10.9 Å². The van der Waals surface area contributed by atoms with Crippen molar-refractivity contribution in [2.75, 3.05) is 13.2 Å². The van der Waals surface area contributed by atoms with E-state index in [9.17, 15) is 9.59 Å². The number of benzene rings is 1. The average Bonchev–Trinajstić information content (AvgIpc) is 2.45. The highest BCUT2D eigenvalue weighted by Crippen LogP contribution is 2.32. The fourth-order valence-electron chi connectivity index (χ4n) is 2.69.